The van der Waals surface area contributed by atoms with Gasteiger partial charge in [-0.2, -0.15) is 0 Å². The lowest BCUT2D eigenvalue weighted by Gasteiger charge is -2.16. The molecule has 4 aromatic rings. The highest BCUT2D eigenvalue weighted by Crippen LogP contribution is 2.35. The first-order chi connectivity index (χ1) is 15.6. The zero-order valence-corrected chi connectivity index (χ0v) is 18.8. The van der Waals surface area contributed by atoms with Gasteiger partial charge in [0.1, 0.15) is 0 Å². The summed E-state index contributed by atoms with van der Waals surface area (Å²) < 4.78 is 2.14. The average Bonchev–Trinajstić information content (AvgIpc) is 3.15. The van der Waals surface area contributed by atoms with Gasteiger partial charge in [0.15, 0.2) is 0 Å². The summed E-state index contributed by atoms with van der Waals surface area (Å²) >= 11 is 0. The van der Waals surface area contributed by atoms with Crippen LogP contribution in [0.1, 0.15) is 31.7 Å². The predicted molar refractivity (Wildman–Crippen MR) is 137 cm³/mol. The first kappa shape index (κ1) is 20.2. The Hall–Kier alpha value is -3.72. The van der Waals surface area contributed by atoms with E-state index in [2.05, 4.69) is 104 Å². The van der Waals surface area contributed by atoms with Gasteiger partial charge in [0.2, 0.25) is 0 Å². The van der Waals surface area contributed by atoms with Crippen LogP contribution >= 0.6 is 0 Å². The molecule has 0 spiro atoms. The zero-order chi connectivity index (χ0) is 22.1. The first-order valence-corrected chi connectivity index (χ1v) is 11.1. The van der Waals surface area contributed by atoms with Gasteiger partial charge in [-0.05, 0) is 47.9 Å². The monoisotopic (exact) mass is 417 g/mol. The quantitative estimate of drug-likeness (QED) is 0.245. The molecule has 1 heterocycles. The van der Waals surface area contributed by atoms with E-state index < -0.39 is 0 Å². The van der Waals surface area contributed by atoms with Gasteiger partial charge < -0.3 is 4.57 Å². The highest BCUT2D eigenvalue weighted by molar-refractivity contribution is 6.10. The molecule has 0 saturated heterocycles. The first-order valence-electron chi connectivity index (χ1n) is 11.1. The normalized spacial score (nSPS) is 16.9. The van der Waals surface area contributed by atoms with Crippen molar-refractivity contribution >= 4 is 39.7 Å². The van der Waals surface area contributed by atoms with Crippen LogP contribution in [-0.4, -0.2) is 17.0 Å². The molecule has 1 unspecified atom stereocenters. The van der Waals surface area contributed by atoms with E-state index in [1.54, 1.807) is 0 Å². The van der Waals surface area contributed by atoms with Gasteiger partial charge in [0, 0.05) is 29.4 Å². The van der Waals surface area contributed by atoms with Crippen LogP contribution in [0, 0.1) is 5.92 Å². The number of rotatable bonds is 4. The van der Waals surface area contributed by atoms with E-state index in [0.29, 0.717) is 5.92 Å². The van der Waals surface area contributed by atoms with E-state index in [1.807, 2.05) is 12.4 Å². The Morgan fingerprint density at radius 1 is 0.844 bits per heavy atom. The van der Waals surface area contributed by atoms with Crippen molar-refractivity contribution in [3.8, 4) is 0 Å². The second-order valence-corrected chi connectivity index (χ2v) is 8.53. The third-order valence-corrected chi connectivity index (χ3v) is 6.33. The van der Waals surface area contributed by atoms with E-state index in [-0.39, 0.29) is 0 Å². The van der Waals surface area contributed by atoms with Crippen molar-refractivity contribution in [3.05, 3.63) is 102 Å². The van der Waals surface area contributed by atoms with Gasteiger partial charge in [-0.1, -0.05) is 67.6 Å². The molecule has 0 aliphatic heterocycles. The van der Waals surface area contributed by atoms with E-state index >= 15 is 0 Å². The molecule has 0 amide bonds. The molecular weight excluding hydrogens is 390 g/mol. The predicted octanol–water partition coefficient (Wildman–Crippen LogP) is 7.37. The molecule has 32 heavy (non-hydrogen) atoms. The molecule has 1 atom stereocenters. The maximum Gasteiger partial charge on any atom is 0.0787 e. The fraction of sp³-hybridized carbons (Fsp3) is 0.172. The molecule has 3 nitrogen and oxygen atoms in total. The van der Waals surface area contributed by atoms with Crippen LogP contribution in [0.3, 0.4) is 0 Å². The number of aromatic nitrogens is 1. The van der Waals surface area contributed by atoms with Crippen molar-refractivity contribution in [3.63, 3.8) is 0 Å². The Labute approximate surface area is 189 Å². The van der Waals surface area contributed by atoms with Gasteiger partial charge in [-0.25, -0.2) is 0 Å². The Morgan fingerprint density at radius 2 is 1.44 bits per heavy atom. The molecular formula is C29H27N3. The maximum absolute atomic E-state index is 4.97. The van der Waals surface area contributed by atoms with Crippen LogP contribution in [0.25, 0.3) is 21.5 Å². The molecule has 1 aliphatic rings. The lowest BCUT2D eigenvalue weighted by molar-refractivity contribution is 0.670. The number of aliphatic imine (C=N–C) groups is 2. The van der Waals surface area contributed by atoms with Gasteiger partial charge in [-0.3, -0.25) is 9.98 Å². The third kappa shape index (κ3) is 3.71. The van der Waals surface area contributed by atoms with Crippen LogP contribution in [0.15, 0.2) is 100 Å². The number of fused-ring (bicyclic) bond motifs is 2. The molecule has 3 heteroatoms. The van der Waals surface area contributed by atoms with E-state index in [4.69, 9.17) is 9.98 Å². The fourth-order valence-electron chi connectivity index (χ4n) is 4.46. The van der Waals surface area contributed by atoms with E-state index in [9.17, 15) is 0 Å². The number of hydrogen-bond donors (Lipinski definition) is 0. The summed E-state index contributed by atoms with van der Waals surface area (Å²) in [6.45, 7) is 4.37. The summed E-state index contributed by atoms with van der Waals surface area (Å²) in [5, 5.41) is 4.75. The molecule has 0 fully saturated rings. The summed E-state index contributed by atoms with van der Waals surface area (Å²) in [6, 6.07) is 23.3. The third-order valence-electron chi connectivity index (χ3n) is 6.33. The number of allylic oxidation sites excluding steroid dienone is 4. The van der Waals surface area contributed by atoms with Crippen LogP contribution in [0.4, 0.5) is 5.69 Å². The number of benzene rings is 3. The van der Waals surface area contributed by atoms with Crippen LogP contribution in [0.2, 0.25) is 0 Å². The molecule has 0 radical (unpaired) electrons. The highest BCUT2D eigenvalue weighted by atomic mass is 15.0. The average molecular weight is 418 g/mol. The lowest BCUT2D eigenvalue weighted by atomic mass is 9.95. The van der Waals surface area contributed by atoms with Crippen LogP contribution in [-0.2, 0) is 7.05 Å². The summed E-state index contributed by atoms with van der Waals surface area (Å²) in [5.74, 6) is 0.456. The molecule has 5 rings (SSSR count). The summed E-state index contributed by atoms with van der Waals surface area (Å²) in [5.41, 5.74) is 5.55. The standard InChI is InChI=1S/C29H27N3/c1-20-9-8-10-21(2)28(20)30-18-24-15-16-25(32(24)3)19-31-29-26-13-6-4-11-22(26)17-23-12-5-7-14-27(23)29/h4-9,11-19,21H,10H2,1-3H3. The Balaban J connectivity index is 1.51. The van der Waals surface area contributed by atoms with E-state index in [1.165, 1.54) is 32.8 Å². The molecule has 1 aliphatic carbocycles. The molecule has 1 aromatic heterocycles. The SMILES string of the molecule is CC1=C(N=Cc2ccc(C=Nc3c4ccccc4cc4ccccc34)n2C)C(C)CC=C1. The topological polar surface area (TPSA) is 29.6 Å². The van der Waals surface area contributed by atoms with Gasteiger partial charge in [0.25, 0.3) is 0 Å². The fourth-order valence-corrected chi connectivity index (χ4v) is 4.46. The minimum atomic E-state index is 0.456. The van der Waals surface area contributed by atoms with Crippen molar-refractivity contribution in [2.24, 2.45) is 23.0 Å². The highest BCUT2D eigenvalue weighted by Gasteiger charge is 2.12. The largest absolute Gasteiger partial charge is 0.342 e. The summed E-state index contributed by atoms with van der Waals surface area (Å²) in [4.78, 5) is 9.80. The van der Waals surface area contributed by atoms with Gasteiger partial charge in [-0.15, -0.1) is 0 Å². The maximum atomic E-state index is 4.97. The minimum absolute atomic E-state index is 0.456. The van der Waals surface area contributed by atoms with E-state index in [0.717, 1.165) is 23.5 Å². The second kappa shape index (κ2) is 8.43. The molecule has 158 valence electrons. The summed E-state index contributed by atoms with van der Waals surface area (Å²) in [6.07, 6.45) is 9.38. The number of hydrogen-bond acceptors (Lipinski definition) is 2. The van der Waals surface area contributed by atoms with Gasteiger partial charge >= 0.3 is 0 Å². The Morgan fingerprint density at radius 3 is 2.06 bits per heavy atom. The smallest absolute Gasteiger partial charge is 0.0787 e. The molecule has 0 bridgehead atoms. The Bertz CT molecular complexity index is 1380. The van der Waals surface area contributed by atoms with Crippen molar-refractivity contribution in [2.45, 2.75) is 20.3 Å². The van der Waals surface area contributed by atoms with Crippen LogP contribution in [0.5, 0.6) is 0 Å². The van der Waals surface area contributed by atoms with Crippen molar-refractivity contribution in [2.75, 3.05) is 0 Å². The lowest BCUT2D eigenvalue weighted by Crippen LogP contribution is -2.04. The summed E-state index contributed by atoms with van der Waals surface area (Å²) in [7, 11) is 2.06. The second-order valence-electron chi connectivity index (χ2n) is 8.53. The zero-order valence-electron chi connectivity index (χ0n) is 18.8. The molecule has 0 N–H and O–H groups in total. The number of nitrogens with zero attached hydrogens (tertiary/aromatic N) is 3. The van der Waals surface area contributed by atoms with Crippen molar-refractivity contribution < 1.29 is 0 Å². The minimum Gasteiger partial charge on any atom is -0.342 e. The van der Waals surface area contributed by atoms with Crippen molar-refractivity contribution in [1.82, 2.24) is 4.57 Å². The van der Waals surface area contributed by atoms with Crippen molar-refractivity contribution in [1.29, 1.82) is 0 Å². The molecule has 3 aromatic carbocycles. The molecule has 0 saturated carbocycles. The Kier molecular flexibility index (Phi) is 5.32. The van der Waals surface area contributed by atoms with Gasteiger partial charge in [0.05, 0.1) is 29.5 Å². The van der Waals surface area contributed by atoms with Crippen LogP contribution < -0.4 is 0 Å².